The van der Waals surface area contributed by atoms with E-state index in [2.05, 4.69) is 9.97 Å². The Bertz CT molecular complexity index is 672. The summed E-state index contributed by atoms with van der Waals surface area (Å²) in [6, 6.07) is 1.59. The summed E-state index contributed by atoms with van der Waals surface area (Å²) in [7, 11) is 0. The van der Waals surface area contributed by atoms with E-state index in [4.69, 9.17) is 0 Å². The van der Waals surface area contributed by atoms with E-state index in [1.165, 1.54) is 0 Å². The van der Waals surface area contributed by atoms with Crippen LogP contribution in [0.2, 0.25) is 0 Å². The first-order valence-electron chi connectivity index (χ1n) is 5.68. The van der Waals surface area contributed by atoms with Crippen LogP contribution in [0.3, 0.4) is 0 Å². The van der Waals surface area contributed by atoms with E-state index in [0.29, 0.717) is 17.7 Å². The maximum Gasteiger partial charge on any atom is 0.254 e. The zero-order chi connectivity index (χ0) is 14.2. The second kappa shape index (κ2) is 4.87. The molecule has 6 heteroatoms. The Morgan fingerprint density at radius 3 is 2.32 bits per heavy atom. The Kier molecular flexibility index (Phi) is 3.42. The van der Waals surface area contributed by atoms with Crippen molar-refractivity contribution < 1.29 is 13.2 Å². The van der Waals surface area contributed by atoms with Crippen LogP contribution in [0.25, 0.3) is 11.4 Å². The van der Waals surface area contributed by atoms with Crippen LogP contribution in [-0.2, 0) is 6.42 Å². The summed E-state index contributed by atoms with van der Waals surface area (Å²) >= 11 is 0. The fourth-order valence-electron chi connectivity index (χ4n) is 1.75. The number of hydrogen-bond acceptors (Lipinski definition) is 2. The molecule has 0 aliphatic carbocycles. The lowest BCUT2D eigenvalue weighted by molar-refractivity contribution is 0.447. The molecule has 0 saturated heterocycles. The molecule has 2 rings (SSSR count). The third kappa shape index (κ3) is 2.38. The first kappa shape index (κ1) is 13.3. The van der Waals surface area contributed by atoms with Gasteiger partial charge < -0.3 is 4.98 Å². The fourth-order valence-corrected chi connectivity index (χ4v) is 1.75. The number of H-pyrrole nitrogens is 1. The highest BCUT2D eigenvalue weighted by Gasteiger charge is 2.14. The van der Waals surface area contributed by atoms with Gasteiger partial charge in [-0.25, -0.2) is 18.2 Å². The van der Waals surface area contributed by atoms with Gasteiger partial charge in [-0.1, -0.05) is 6.92 Å². The molecular weight excluding hydrogens is 257 g/mol. The molecule has 0 aliphatic heterocycles. The maximum atomic E-state index is 13.2. The van der Waals surface area contributed by atoms with Crippen LogP contribution in [-0.4, -0.2) is 9.97 Å². The van der Waals surface area contributed by atoms with Gasteiger partial charge in [0.15, 0.2) is 17.5 Å². The largest absolute Gasteiger partial charge is 0.306 e. The van der Waals surface area contributed by atoms with E-state index in [1.54, 1.807) is 6.92 Å². The number of nitrogens with one attached hydrogen (secondary N) is 1. The van der Waals surface area contributed by atoms with Crippen LogP contribution in [0.5, 0.6) is 0 Å². The predicted molar refractivity (Wildman–Crippen MR) is 64.3 cm³/mol. The van der Waals surface area contributed by atoms with Crippen molar-refractivity contribution in [2.45, 2.75) is 20.3 Å². The van der Waals surface area contributed by atoms with E-state index in [-0.39, 0.29) is 16.9 Å². The zero-order valence-electron chi connectivity index (χ0n) is 10.4. The highest BCUT2D eigenvalue weighted by Crippen LogP contribution is 2.20. The maximum absolute atomic E-state index is 13.2. The van der Waals surface area contributed by atoms with E-state index in [9.17, 15) is 18.0 Å². The normalized spacial score (nSPS) is 10.8. The molecule has 0 atom stereocenters. The molecule has 3 nitrogen and oxygen atoms in total. The molecular formula is C13H11F3N2O. The lowest BCUT2D eigenvalue weighted by Gasteiger charge is -2.07. The molecule has 1 heterocycles. The first-order chi connectivity index (χ1) is 8.93. The Morgan fingerprint density at radius 1 is 1.21 bits per heavy atom. The van der Waals surface area contributed by atoms with Crippen molar-refractivity contribution in [2.75, 3.05) is 0 Å². The van der Waals surface area contributed by atoms with E-state index >= 15 is 0 Å². The smallest absolute Gasteiger partial charge is 0.254 e. The molecule has 1 aromatic carbocycles. The summed E-state index contributed by atoms with van der Waals surface area (Å²) in [5.41, 5.74) is 0.591. The molecule has 0 bridgehead atoms. The lowest BCUT2D eigenvalue weighted by atomic mass is 10.1. The van der Waals surface area contributed by atoms with E-state index < -0.39 is 17.5 Å². The Balaban J connectivity index is 2.66. The number of hydrogen-bond donors (Lipinski definition) is 1. The van der Waals surface area contributed by atoms with Gasteiger partial charge in [-0.3, -0.25) is 4.79 Å². The zero-order valence-corrected chi connectivity index (χ0v) is 10.4. The van der Waals surface area contributed by atoms with Crippen LogP contribution in [0.1, 0.15) is 18.2 Å². The van der Waals surface area contributed by atoms with Crippen molar-refractivity contribution in [3.8, 4) is 11.4 Å². The molecule has 0 unspecified atom stereocenters. The van der Waals surface area contributed by atoms with Crippen LogP contribution < -0.4 is 5.56 Å². The average molecular weight is 268 g/mol. The molecule has 19 heavy (non-hydrogen) atoms. The number of aromatic nitrogens is 2. The van der Waals surface area contributed by atoms with Gasteiger partial charge in [0, 0.05) is 11.1 Å². The minimum absolute atomic E-state index is 0.0109. The number of aromatic amines is 1. The number of benzene rings is 1. The number of aryl methyl sites for hydroxylation is 1. The highest BCUT2D eigenvalue weighted by molar-refractivity contribution is 5.55. The van der Waals surface area contributed by atoms with Gasteiger partial charge in [0.25, 0.3) is 5.56 Å². The number of rotatable bonds is 2. The van der Waals surface area contributed by atoms with Gasteiger partial charge >= 0.3 is 0 Å². The second-order valence-electron chi connectivity index (χ2n) is 4.09. The summed E-state index contributed by atoms with van der Waals surface area (Å²) in [5, 5.41) is 0. The van der Waals surface area contributed by atoms with Crippen LogP contribution in [0.15, 0.2) is 16.9 Å². The molecule has 2 aromatic rings. The van der Waals surface area contributed by atoms with Gasteiger partial charge in [-0.05, 0) is 25.5 Å². The summed E-state index contributed by atoms with van der Waals surface area (Å²) in [5.74, 6) is -4.17. The van der Waals surface area contributed by atoms with Gasteiger partial charge in [-0.2, -0.15) is 0 Å². The quantitative estimate of drug-likeness (QED) is 0.851. The van der Waals surface area contributed by atoms with Gasteiger partial charge in [0.05, 0.1) is 5.69 Å². The van der Waals surface area contributed by atoms with Crippen molar-refractivity contribution >= 4 is 0 Å². The molecule has 0 amide bonds. The summed E-state index contributed by atoms with van der Waals surface area (Å²) < 4.78 is 39.2. The summed E-state index contributed by atoms with van der Waals surface area (Å²) in [4.78, 5) is 18.2. The topological polar surface area (TPSA) is 45.8 Å². The number of halogens is 3. The lowest BCUT2D eigenvalue weighted by Crippen LogP contribution is -2.15. The predicted octanol–water partition coefficient (Wildman–Crippen LogP) is 2.73. The Labute approximate surface area is 107 Å². The minimum Gasteiger partial charge on any atom is -0.306 e. The minimum atomic E-state index is -1.55. The number of nitrogens with zero attached hydrogens (tertiary/aromatic N) is 1. The third-order valence-corrected chi connectivity index (χ3v) is 2.84. The van der Waals surface area contributed by atoms with Crippen LogP contribution >= 0.6 is 0 Å². The monoisotopic (exact) mass is 268 g/mol. The first-order valence-corrected chi connectivity index (χ1v) is 5.68. The molecule has 0 aliphatic rings. The van der Waals surface area contributed by atoms with Gasteiger partial charge in [-0.15, -0.1) is 0 Å². The van der Waals surface area contributed by atoms with Gasteiger partial charge in [0.2, 0.25) is 0 Å². The summed E-state index contributed by atoms with van der Waals surface area (Å²) in [6.45, 7) is 3.42. The SMILES string of the molecule is CCc1nc(-c2cc(F)c(F)c(F)c2)[nH]c(=O)c1C. The van der Waals surface area contributed by atoms with Gasteiger partial charge in [0.1, 0.15) is 5.82 Å². The molecule has 1 N–H and O–H groups in total. The van der Waals surface area contributed by atoms with E-state index in [1.807, 2.05) is 6.92 Å². The van der Waals surface area contributed by atoms with Crippen molar-refractivity contribution in [3.05, 3.63) is 51.2 Å². The van der Waals surface area contributed by atoms with Crippen molar-refractivity contribution in [3.63, 3.8) is 0 Å². The molecule has 0 fully saturated rings. The van der Waals surface area contributed by atoms with E-state index in [0.717, 1.165) is 12.1 Å². The van der Waals surface area contributed by atoms with Crippen molar-refractivity contribution in [1.29, 1.82) is 0 Å². The highest BCUT2D eigenvalue weighted by atomic mass is 19.2. The van der Waals surface area contributed by atoms with Crippen molar-refractivity contribution in [1.82, 2.24) is 9.97 Å². The molecule has 0 radical (unpaired) electrons. The van der Waals surface area contributed by atoms with Crippen LogP contribution in [0.4, 0.5) is 13.2 Å². The third-order valence-electron chi connectivity index (χ3n) is 2.84. The molecule has 1 aromatic heterocycles. The summed E-state index contributed by atoms with van der Waals surface area (Å²) in [6.07, 6.45) is 0.509. The Morgan fingerprint density at radius 2 is 1.79 bits per heavy atom. The van der Waals surface area contributed by atoms with Crippen molar-refractivity contribution in [2.24, 2.45) is 0 Å². The standard InChI is InChI=1S/C13H11F3N2O/c1-3-10-6(2)13(19)18-12(17-10)7-4-8(14)11(16)9(15)5-7/h4-5H,3H2,1-2H3,(H,17,18,19). The molecule has 100 valence electrons. The Hall–Kier alpha value is -2.11. The molecule has 0 saturated carbocycles. The second-order valence-corrected chi connectivity index (χ2v) is 4.09. The average Bonchev–Trinajstić information content (AvgIpc) is 2.38. The molecule has 0 spiro atoms. The fraction of sp³-hybridized carbons (Fsp3) is 0.231. The van der Waals surface area contributed by atoms with Crippen LogP contribution in [0, 0.1) is 24.4 Å².